The predicted molar refractivity (Wildman–Crippen MR) is 81.8 cm³/mol. The van der Waals surface area contributed by atoms with Gasteiger partial charge in [-0.25, -0.2) is 0 Å². The molecule has 5 nitrogen and oxygen atoms in total. The maximum Gasteiger partial charge on any atom is 0.269 e. The van der Waals surface area contributed by atoms with Crippen molar-refractivity contribution in [2.24, 2.45) is 0 Å². The molecule has 2 aromatic carbocycles. The van der Waals surface area contributed by atoms with Gasteiger partial charge in [-0.1, -0.05) is 18.2 Å². The van der Waals surface area contributed by atoms with Gasteiger partial charge in [0.05, 0.1) is 4.92 Å². The molecule has 0 fully saturated rings. The Morgan fingerprint density at radius 3 is 2.52 bits per heavy atom. The third kappa shape index (κ3) is 3.38. The maximum absolute atomic E-state index is 10.8. The van der Waals surface area contributed by atoms with E-state index < -0.39 is 4.92 Å². The first-order valence-electron chi connectivity index (χ1n) is 6.72. The summed E-state index contributed by atoms with van der Waals surface area (Å²) in [6, 6.07) is 12.5. The first kappa shape index (κ1) is 15.0. The Kier molecular flexibility index (Phi) is 4.55. The second-order valence-electron chi connectivity index (χ2n) is 4.86. The molecule has 0 aliphatic rings. The van der Waals surface area contributed by atoms with E-state index in [9.17, 15) is 10.1 Å². The van der Waals surface area contributed by atoms with E-state index in [0.717, 1.165) is 16.9 Å². The lowest BCUT2D eigenvalue weighted by Gasteiger charge is -2.17. The molecule has 0 aliphatic carbocycles. The van der Waals surface area contributed by atoms with Crippen molar-refractivity contribution in [3.8, 4) is 11.5 Å². The molecule has 1 unspecified atom stereocenters. The van der Waals surface area contributed by atoms with Crippen LogP contribution in [0, 0.1) is 17.0 Å². The number of non-ortho nitro benzene ring substituents is 1. The number of benzene rings is 2. The standard InChI is InChI=1S/C16H18N2O3/c1-11-10-13(18(19)20)8-9-15(11)21-16-7-5-4-6-14(16)12(2)17-3/h4-10,12,17H,1-3H3. The molecule has 2 rings (SSSR count). The van der Waals surface area contributed by atoms with Gasteiger partial charge in [0, 0.05) is 23.7 Å². The molecule has 2 aromatic rings. The Hall–Kier alpha value is -2.40. The Bertz CT molecular complexity index is 656. The van der Waals surface area contributed by atoms with Gasteiger partial charge in [0.15, 0.2) is 0 Å². The number of hydrogen-bond acceptors (Lipinski definition) is 4. The molecule has 0 bridgehead atoms. The molecule has 0 saturated carbocycles. The predicted octanol–water partition coefficient (Wildman–Crippen LogP) is 3.98. The van der Waals surface area contributed by atoms with E-state index in [4.69, 9.17) is 4.74 Å². The summed E-state index contributed by atoms with van der Waals surface area (Å²) < 4.78 is 5.94. The van der Waals surface area contributed by atoms with Crippen LogP contribution in [0.5, 0.6) is 11.5 Å². The lowest BCUT2D eigenvalue weighted by atomic mass is 10.1. The zero-order valence-electron chi connectivity index (χ0n) is 12.3. The number of nitro benzene ring substituents is 1. The minimum atomic E-state index is -0.409. The number of ether oxygens (including phenoxy) is 1. The summed E-state index contributed by atoms with van der Waals surface area (Å²) in [7, 11) is 1.89. The van der Waals surface area contributed by atoms with Gasteiger partial charge < -0.3 is 10.1 Å². The SMILES string of the molecule is CNC(C)c1ccccc1Oc1ccc([N+](=O)[O-])cc1C. The number of para-hydroxylation sites is 1. The van der Waals surface area contributed by atoms with Crippen molar-refractivity contribution >= 4 is 5.69 Å². The highest BCUT2D eigenvalue weighted by atomic mass is 16.6. The van der Waals surface area contributed by atoms with Crippen molar-refractivity contribution in [2.45, 2.75) is 19.9 Å². The van der Waals surface area contributed by atoms with E-state index in [0.29, 0.717) is 5.75 Å². The Balaban J connectivity index is 2.33. The molecule has 1 N–H and O–H groups in total. The van der Waals surface area contributed by atoms with Gasteiger partial charge in [-0.2, -0.15) is 0 Å². The number of hydrogen-bond donors (Lipinski definition) is 1. The summed E-state index contributed by atoms with van der Waals surface area (Å²) in [5.74, 6) is 1.37. The summed E-state index contributed by atoms with van der Waals surface area (Å²) >= 11 is 0. The van der Waals surface area contributed by atoms with Crippen LogP contribution >= 0.6 is 0 Å². The first-order valence-corrected chi connectivity index (χ1v) is 6.72. The van der Waals surface area contributed by atoms with Crippen LogP contribution in [0.15, 0.2) is 42.5 Å². The van der Waals surface area contributed by atoms with Gasteiger partial charge >= 0.3 is 0 Å². The van der Waals surface area contributed by atoms with Crippen LogP contribution in [0.1, 0.15) is 24.1 Å². The first-order chi connectivity index (χ1) is 10.0. The minimum Gasteiger partial charge on any atom is -0.457 e. The van der Waals surface area contributed by atoms with Gasteiger partial charge in [0.1, 0.15) is 11.5 Å². The van der Waals surface area contributed by atoms with Crippen LogP contribution in [-0.2, 0) is 0 Å². The van der Waals surface area contributed by atoms with E-state index >= 15 is 0 Å². The highest BCUT2D eigenvalue weighted by molar-refractivity contribution is 5.46. The zero-order valence-corrected chi connectivity index (χ0v) is 12.3. The number of nitro groups is 1. The summed E-state index contributed by atoms with van der Waals surface area (Å²) in [5.41, 5.74) is 1.84. The normalized spacial score (nSPS) is 12.0. The number of aryl methyl sites for hydroxylation is 1. The molecule has 110 valence electrons. The van der Waals surface area contributed by atoms with Crippen molar-refractivity contribution in [3.63, 3.8) is 0 Å². The molecular formula is C16H18N2O3. The van der Waals surface area contributed by atoms with Crippen LogP contribution in [0.2, 0.25) is 0 Å². The van der Waals surface area contributed by atoms with Crippen LogP contribution in [-0.4, -0.2) is 12.0 Å². The Labute approximate surface area is 123 Å². The largest absolute Gasteiger partial charge is 0.457 e. The monoisotopic (exact) mass is 286 g/mol. The summed E-state index contributed by atoms with van der Waals surface area (Å²) in [4.78, 5) is 10.4. The topological polar surface area (TPSA) is 64.4 Å². The summed E-state index contributed by atoms with van der Waals surface area (Å²) in [5, 5.41) is 13.9. The number of nitrogens with one attached hydrogen (secondary N) is 1. The summed E-state index contributed by atoms with van der Waals surface area (Å²) in [6.07, 6.45) is 0. The van der Waals surface area contributed by atoms with E-state index in [-0.39, 0.29) is 11.7 Å². The quantitative estimate of drug-likeness (QED) is 0.667. The average molecular weight is 286 g/mol. The van der Waals surface area contributed by atoms with Crippen molar-refractivity contribution in [1.82, 2.24) is 5.32 Å². The molecule has 1 atom stereocenters. The molecule has 0 heterocycles. The van der Waals surface area contributed by atoms with Gasteiger partial charge in [0.2, 0.25) is 0 Å². The van der Waals surface area contributed by atoms with E-state index in [1.54, 1.807) is 13.0 Å². The third-order valence-corrected chi connectivity index (χ3v) is 3.41. The fourth-order valence-corrected chi connectivity index (χ4v) is 2.07. The van der Waals surface area contributed by atoms with Gasteiger partial charge in [-0.15, -0.1) is 0 Å². The number of rotatable bonds is 5. The lowest BCUT2D eigenvalue weighted by molar-refractivity contribution is -0.384. The number of nitrogens with zero attached hydrogens (tertiary/aromatic N) is 1. The lowest BCUT2D eigenvalue weighted by Crippen LogP contribution is -2.13. The molecule has 5 heteroatoms. The summed E-state index contributed by atoms with van der Waals surface area (Å²) in [6.45, 7) is 3.84. The highest BCUT2D eigenvalue weighted by Crippen LogP contribution is 2.32. The average Bonchev–Trinajstić information content (AvgIpc) is 2.49. The second kappa shape index (κ2) is 6.37. The molecular weight excluding hydrogens is 268 g/mol. The van der Waals surface area contributed by atoms with E-state index in [1.807, 2.05) is 38.2 Å². The van der Waals surface area contributed by atoms with E-state index in [1.165, 1.54) is 12.1 Å². The van der Waals surface area contributed by atoms with Crippen LogP contribution < -0.4 is 10.1 Å². The van der Waals surface area contributed by atoms with E-state index in [2.05, 4.69) is 5.32 Å². The van der Waals surface area contributed by atoms with Gasteiger partial charge in [0.25, 0.3) is 5.69 Å². The fraction of sp³-hybridized carbons (Fsp3) is 0.250. The minimum absolute atomic E-state index is 0.0664. The zero-order chi connectivity index (χ0) is 15.4. The molecule has 21 heavy (non-hydrogen) atoms. The van der Waals surface area contributed by atoms with Crippen molar-refractivity contribution in [2.75, 3.05) is 7.05 Å². The van der Waals surface area contributed by atoms with Crippen molar-refractivity contribution in [1.29, 1.82) is 0 Å². The van der Waals surface area contributed by atoms with Gasteiger partial charge in [-0.3, -0.25) is 10.1 Å². The van der Waals surface area contributed by atoms with Crippen LogP contribution in [0.25, 0.3) is 0 Å². The fourth-order valence-electron chi connectivity index (χ4n) is 2.07. The molecule has 0 spiro atoms. The molecule has 0 aliphatic heterocycles. The molecule has 0 saturated heterocycles. The Morgan fingerprint density at radius 2 is 1.90 bits per heavy atom. The smallest absolute Gasteiger partial charge is 0.269 e. The second-order valence-corrected chi connectivity index (χ2v) is 4.86. The third-order valence-electron chi connectivity index (χ3n) is 3.41. The van der Waals surface area contributed by atoms with Crippen LogP contribution in [0.4, 0.5) is 5.69 Å². The van der Waals surface area contributed by atoms with Gasteiger partial charge in [-0.05, 0) is 38.6 Å². The van der Waals surface area contributed by atoms with Crippen molar-refractivity contribution < 1.29 is 9.66 Å². The highest BCUT2D eigenvalue weighted by Gasteiger charge is 2.13. The Morgan fingerprint density at radius 1 is 1.19 bits per heavy atom. The molecule has 0 amide bonds. The van der Waals surface area contributed by atoms with Crippen LogP contribution in [0.3, 0.4) is 0 Å². The van der Waals surface area contributed by atoms with Crippen molar-refractivity contribution in [3.05, 3.63) is 63.7 Å². The molecule has 0 radical (unpaired) electrons. The molecule has 0 aromatic heterocycles. The maximum atomic E-state index is 10.8.